The molecule has 0 saturated carbocycles. The second-order valence-corrected chi connectivity index (χ2v) is 5.13. The number of benzene rings is 1. The van der Waals surface area contributed by atoms with E-state index in [1.165, 1.54) is 0 Å². The van der Waals surface area contributed by atoms with Crippen LogP contribution in [0.4, 0.5) is 0 Å². The topological polar surface area (TPSA) is 52.9 Å². The smallest absolute Gasteiger partial charge is 0.120 e. The highest BCUT2D eigenvalue weighted by molar-refractivity contribution is 6.30. The van der Waals surface area contributed by atoms with E-state index in [0.717, 1.165) is 5.56 Å². The molecule has 0 spiro atoms. The predicted octanol–water partition coefficient (Wildman–Crippen LogP) is 1.63. The summed E-state index contributed by atoms with van der Waals surface area (Å²) in [6, 6.07) is 5.30. The van der Waals surface area contributed by atoms with Gasteiger partial charge in [-0.05, 0) is 25.1 Å². The molecule has 1 saturated heterocycles. The van der Waals surface area contributed by atoms with Gasteiger partial charge < -0.3 is 14.9 Å². The summed E-state index contributed by atoms with van der Waals surface area (Å²) >= 11 is 5.93. The normalized spacial score (nSPS) is 25.3. The fourth-order valence-electron chi connectivity index (χ4n) is 2.11. The van der Waals surface area contributed by atoms with E-state index >= 15 is 0 Å². The Morgan fingerprint density at radius 3 is 3.00 bits per heavy atom. The zero-order valence-corrected chi connectivity index (χ0v) is 11.1. The Labute approximate surface area is 112 Å². The first kappa shape index (κ1) is 13.6. The van der Waals surface area contributed by atoms with Crippen molar-refractivity contribution in [1.29, 1.82) is 0 Å². The lowest BCUT2D eigenvalue weighted by molar-refractivity contribution is -0.0806. The lowest BCUT2D eigenvalue weighted by Gasteiger charge is -2.37. The summed E-state index contributed by atoms with van der Waals surface area (Å²) in [5.41, 5.74) is 0.799. The number of ether oxygens (including phenoxy) is 1. The quantitative estimate of drug-likeness (QED) is 0.877. The van der Waals surface area contributed by atoms with Gasteiger partial charge in [0.2, 0.25) is 0 Å². The Bertz CT molecular complexity index is 413. The summed E-state index contributed by atoms with van der Waals surface area (Å²) in [6.45, 7) is 3.93. The summed E-state index contributed by atoms with van der Waals surface area (Å²) in [5.74, 6) is 0.249. The molecule has 1 aliphatic rings. The molecule has 1 aliphatic heterocycles. The third-order valence-electron chi connectivity index (χ3n) is 3.25. The van der Waals surface area contributed by atoms with Crippen molar-refractivity contribution in [3.05, 3.63) is 28.8 Å². The Hall–Kier alpha value is -0.810. The molecule has 2 unspecified atom stereocenters. The zero-order chi connectivity index (χ0) is 13.1. The standard InChI is InChI=1S/C13H18ClNO3/c1-9-8-18-12(7-16)6-15(9)5-10-4-11(14)2-3-13(10)17/h2-4,9,12,16-17H,5-8H2,1H3. The van der Waals surface area contributed by atoms with Gasteiger partial charge in [-0.15, -0.1) is 0 Å². The predicted molar refractivity (Wildman–Crippen MR) is 69.8 cm³/mol. The highest BCUT2D eigenvalue weighted by Gasteiger charge is 2.26. The van der Waals surface area contributed by atoms with Crippen LogP contribution in [0.3, 0.4) is 0 Å². The third-order valence-corrected chi connectivity index (χ3v) is 3.49. The van der Waals surface area contributed by atoms with Crippen molar-refractivity contribution < 1.29 is 14.9 Å². The van der Waals surface area contributed by atoms with Crippen LogP contribution in [0.2, 0.25) is 5.02 Å². The van der Waals surface area contributed by atoms with Crippen molar-refractivity contribution in [1.82, 2.24) is 4.90 Å². The number of aliphatic hydroxyl groups is 1. The van der Waals surface area contributed by atoms with Crippen LogP contribution in [0.1, 0.15) is 12.5 Å². The van der Waals surface area contributed by atoms with Crippen molar-refractivity contribution in [3.63, 3.8) is 0 Å². The Morgan fingerprint density at radius 1 is 1.50 bits per heavy atom. The molecule has 0 aromatic heterocycles. The van der Waals surface area contributed by atoms with Gasteiger partial charge in [0.1, 0.15) is 5.75 Å². The average molecular weight is 272 g/mol. The molecule has 1 fully saturated rings. The second kappa shape index (κ2) is 5.89. The van der Waals surface area contributed by atoms with Crippen molar-refractivity contribution in [2.75, 3.05) is 19.8 Å². The SMILES string of the molecule is CC1COC(CO)CN1Cc1cc(Cl)ccc1O. The van der Waals surface area contributed by atoms with E-state index in [9.17, 15) is 5.11 Å². The molecule has 100 valence electrons. The lowest BCUT2D eigenvalue weighted by atomic mass is 10.1. The summed E-state index contributed by atoms with van der Waals surface area (Å²) in [5, 5.41) is 19.6. The molecule has 0 bridgehead atoms. The maximum Gasteiger partial charge on any atom is 0.120 e. The summed E-state index contributed by atoms with van der Waals surface area (Å²) in [6.07, 6.45) is -0.150. The molecule has 2 rings (SSSR count). The van der Waals surface area contributed by atoms with Gasteiger partial charge >= 0.3 is 0 Å². The summed E-state index contributed by atoms with van der Waals surface area (Å²) < 4.78 is 5.48. The minimum absolute atomic E-state index is 0.0186. The minimum atomic E-state index is -0.150. The number of halogens is 1. The summed E-state index contributed by atoms with van der Waals surface area (Å²) in [4.78, 5) is 2.18. The first-order valence-corrected chi connectivity index (χ1v) is 6.42. The van der Waals surface area contributed by atoms with E-state index in [0.29, 0.717) is 24.7 Å². The molecular weight excluding hydrogens is 254 g/mol. The van der Waals surface area contributed by atoms with Gasteiger partial charge in [0, 0.05) is 29.7 Å². The van der Waals surface area contributed by atoms with E-state index in [1.54, 1.807) is 18.2 Å². The van der Waals surface area contributed by atoms with E-state index in [4.69, 9.17) is 21.4 Å². The largest absolute Gasteiger partial charge is 0.508 e. The maximum absolute atomic E-state index is 9.81. The number of aliphatic hydroxyl groups excluding tert-OH is 1. The lowest BCUT2D eigenvalue weighted by Crippen LogP contribution is -2.48. The highest BCUT2D eigenvalue weighted by atomic mass is 35.5. The average Bonchev–Trinajstić information content (AvgIpc) is 2.36. The van der Waals surface area contributed by atoms with Gasteiger partial charge in [-0.2, -0.15) is 0 Å². The molecule has 1 aromatic rings. The number of morpholine rings is 1. The van der Waals surface area contributed by atoms with Crippen molar-refractivity contribution in [3.8, 4) is 5.75 Å². The van der Waals surface area contributed by atoms with Crippen LogP contribution in [0.5, 0.6) is 5.75 Å². The van der Waals surface area contributed by atoms with Gasteiger partial charge in [-0.3, -0.25) is 4.90 Å². The number of phenolic OH excluding ortho intramolecular Hbond substituents is 1. The number of hydrogen-bond acceptors (Lipinski definition) is 4. The first-order valence-electron chi connectivity index (χ1n) is 6.04. The second-order valence-electron chi connectivity index (χ2n) is 4.69. The molecule has 4 nitrogen and oxygen atoms in total. The molecular formula is C13H18ClNO3. The Kier molecular flexibility index (Phi) is 4.45. The molecule has 2 N–H and O–H groups in total. The van der Waals surface area contributed by atoms with E-state index in [1.807, 2.05) is 0 Å². The molecule has 0 radical (unpaired) electrons. The summed E-state index contributed by atoms with van der Waals surface area (Å²) in [7, 11) is 0. The minimum Gasteiger partial charge on any atom is -0.508 e. The van der Waals surface area contributed by atoms with Crippen LogP contribution >= 0.6 is 11.6 Å². The number of phenols is 1. The maximum atomic E-state index is 9.81. The molecule has 18 heavy (non-hydrogen) atoms. The molecule has 5 heteroatoms. The van der Waals surface area contributed by atoms with Crippen LogP contribution in [-0.4, -0.2) is 47.0 Å². The van der Waals surface area contributed by atoms with Crippen LogP contribution in [0.25, 0.3) is 0 Å². The molecule has 0 aliphatic carbocycles. The Balaban J connectivity index is 2.09. The molecule has 0 amide bonds. The molecule has 1 aromatic carbocycles. The van der Waals surface area contributed by atoms with Crippen molar-refractivity contribution in [2.45, 2.75) is 25.6 Å². The van der Waals surface area contributed by atoms with Crippen LogP contribution in [0, 0.1) is 0 Å². The fourth-order valence-corrected chi connectivity index (χ4v) is 2.30. The van der Waals surface area contributed by atoms with Crippen LogP contribution in [-0.2, 0) is 11.3 Å². The van der Waals surface area contributed by atoms with Crippen molar-refractivity contribution >= 4 is 11.6 Å². The van der Waals surface area contributed by atoms with Gasteiger partial charge in [-0.1, -0.05) is 11.6 Å². The number of hydrogen-bond donors (Lipinski definition) is 2. The van der Waals surface area contributed by atoms with Gasteiger partial charge in [0.15, 0.2) is 0 Å². The molecule has 2 atom stereocenters. The van der Waals surface area contributed by atoms with E-state index < -0.39 is 0 Å². The zero-order valence-electron chi connectivity index (χ0n) is 10.3. The third kappa shape index (κ3) is 3.14. The van der Waals surface area contributed by atoms with Crippen LogP contribution in [0.15, 0.2) is 18.2 Å². The van der Waals surface area contributed by atoms with E-state index in [-0.39, 0.29) is 24.5 Å². The fraction of sp³-hybridized carbons (Fsp3) is 0.538. The first-order chi connectivity index (χ1) is 8.60. The number of rotatable bonds is 3. The monoisotopic (exact) mass is 271 g/mol. The van der Waals surface area contributed by atoms with Gasteiger partial charge in [-0.25, -0.2) is 0 Å². The Morgan fingerprint density at radius 2 is 2.28 bits per heavy atom. The van der Waals surface area contributed by atoms with E-state index in [2.05, 4.69) is 11.8 Å². The van der Waals surface area contributed by atoms with Gasteiger partial charge in [0.05, 0.1) is 19.3 Å². The number of aromatic hydroxyl groups is 1. The van der Waals surface area contributed by atoms with Crippen LogP contribution < -0.4 is 0 Å². The number of nitrogens with zero attached hydrogens (tertiary/aromatic N) is 1. The van der Waals surface area contributed by atoms with Gasteiger partial charge in [0.25, 0.3) is 0 Å². The highest BCUT2D eigenvalue weighted by Crippen LogP contribution is 2.24. The van der Waals surface area contributed by atoms with Crippen molar-refractivity contribution in [2.24, 2.45) is 0 Å². The molecule has 1 heterocycles.